The van der Waals surface area contributed by atoms with Gasteiger partial charge in [0.1, 0.15) is 0 Å². The van der Waals surface area contributed by atoms with Crippen molar-refractivity contribution in [3.63, 3.8) is 0 Å². The maximum Gasteiger partial charge on any atom is 0.335 e. The summed E-state index contributed by atoms with van der Waals surface area (Å²) in [4.78, 5) is 22.9. The molecule has 1 aromatic rings. The highest BCUT2D eigenvalue weighted by atomic mass is 16.5. The predicted molar refractivity (Wildman–Crippen MR) is 78.3 cm³/mol. The van der Waals surface area contributed by atoms with Gasteiger partial charge < -0.3 is 15.2 Å². The van der Waals surface area contributed by atoms with E-state index in [0.717, 1.165) is 19.4 Å². The third-order valence-electron chi connectivity index (χ3n) is 3.71. The van der Waals surface area contributed by atoms with Crippen molar-refractivity contribution in [2.75, 3.05) is 19.8 Å². The monoisotopic (exact) mass is 291 g/mol. The molecule has 2 rings (SSSR count). The van der Waals surface area contributed by atoms with Crippen LogP contribution in [0.2, 0.25) is 0 Å². The van der Waals surface area contributed by atoms with E-state index in [1.807, 2.05) is 0 Å². The zero-order valence-corrected chi connectivity index (χ0v) is 12.0. The minimum absolute atomic E-state index is 0.0410. The van der Waals surface area contributed by atoms with Gasteiger partial charge in [0.25, 0.3) is 0 Å². The van der Waals surface area contributed by atoms with Crippen LogP contribution in [0.4, 0.5) is 0 Å². The molecular weight excluding hydrogens is 270 g/mol. The zero-order chi connectivity index (χ0) is 15.1. The number of aromatic carboxylic acids is 1. The van der Waals surface area contributed by atoms with Crippen LogP contribution in [0.25, 0.3) is 0 Å². The Kier molecular flexibility index (Phi) is 5.75. The molecule has 1 aliphatic heterocycles. The first-order chi connectivity index (χ1) is 10.2. The number of amides is 1. The Labute approximate surface area is 124 Å². The van der Waals surface area contributed by atoms with Gasteiger partial charge in [-0.25, -0.2) is 4.79 Å². The third kappa shape index (κ3) is 4.86. The molecule has 1 aliphatic rings. The predicted octanol–water partition coefficient (Wildman–Crippen LogP) is 1.86. The number of carboxylic acids is 1. The quantitative estimate of drug-likeness (QED) is 0.839. The normalized spacial score (nSPS) is 18.2. The molecule has 5 nitrogen and oxygen atoms in total. The lowest BCUT2D eigenvalue weighted by molar-refractivity contribution is -0.121. The Morgan fingerprint density at radius 2 is 2.14 bits per heavy atom. The molecule has 5 heteroatoms. The van der Waals surface area contributed by atoms with Crippen LogP contribution in [0, 0.1) is 5.92 Å². The summed E-state index contributed by atoms with van der Waals surface area (Å²) in [6.07, 6.45) is 2.88. The van der Waals surface area contributed by atoms with E-state index in [-0.39, 0.29) is 11.5 Å². The van der Waals surface area contributed by atoms with Crippen molar-refractivity contribution in [3.8, 4) is 0 Å². The molecule has 0 saturated carbocycles. The van der Waals surface area contributed by atoms with E-state index >= 15 is 0 Å². The maximum absolute atomic E-state index is 11.8. The summed E-state index contributed by atoms with van der Waals surface area (Å²) in [7, 11) is 0. The first-order valence-electron chi connectivity index (χ1n) is 7.32. The van der Waals surface area contributed by atoms with Gasteiger partial charge >= 0.3 is 5.97 Å². The molecule has 0 radical (unpaired) electrons. The number of benzene rings is 1. The first-order valence-corrected chi connectivity index (χ1v) is 7.32. The van der Waals surface area contributed by atoms with Crippen molar-refractivity contribution >= 4 is 11.9 Å². The number of rotatable bonds is 6. The lowest BCUT2D eigenvalue weighted by Gasteiger charge is -2.22. The number of carboxylic acid groups (broad SMARTS) is 1. The smallest absolute Gasteiger partial charge is 0.335 e. The molecule has 1 unspecified atom stereocenters. The molecule has 2 N–H and O–H groups in total. The molecule has 0 aliphatic carbocycles. The molecule has 114 valence electrons. The molecule has 0 spiro atoms. The summed E-state index contributed by atoms with van der Waals surface area (Å²) in [5, 5.41) is 12.0. The van der Waals surface area contributed by atoms with Gasteiger partial charge in [0.2, 0.25) is 5.91 Å². The second-order valence-corrected chi connectivity index (χ2v) is 5.35. The maximum atomic E-state index is 11.8. The second-order valence-electron chi connectivity index (χ2n) is 5.35. The number of hydrogen-bond acceptors (Lipinski definition) is 3. The Morgan fingerprint density at radius 1 is 1.33 bits per heavy atom. The van der Waals surface area contributed by atoms with Gasteiger partial charge in [-0.1, -0.05) is 18.2 Å². The number of hydrogen-bond donors (Lipinski definition) is 2. The number of carbonyl (C=O) groups excluding carboxylic acids is 1. The van der Waals surface area contributed by atoms with Gasteiger partial charge in [-0.3, -0.25) is 4.79 Å². The van der Waals surface area contributed by atoms with Crippen LogP contribution in [0.5, 0.6) is 0 Å². The number of ether oxygens (including phenoxy) is 1. The highest BCUT2D eigenvalue weighted by Crippen LogP contribution is 2.13. The van der Waals surface area contributed by atoms with Crippen LogP contribution in [-0.4, -0.2) is 36.7 Å². The average Bonchev–Trinajstić information content (AvgIpc) is 2.52. The minimum atomic E-state index is -0.953. The summed E-state index contributed by atoms with van der Waals surface area (Å²) in [6.45, 7) is 2.16. The SMILES string of the molecule is O=C(CCc1ccccc1C(=O)O)NCC1CCCOC1. The lowest BCUT2D eigenvalue weighted by Crippen LogP contribution is -2.33. The first kappa shape index (κ1) is 15.5. The van der Waals surface area contributed by atoms with Gasteiger partial charge in [0, 0.05) is 19.6 Å². The molecule has 1 amide bonds. The number of nitrogens with one attached hydrogen (secondary N) is 1. The van der Waals surface area contributed by atoms with Gasteiger partial charge in [-0.05, 0) is 36.8 Å². The van der Waals surface area contributed by atoms with Crippen molar-refractivity contribution in [2.24, 2.45) is 5.92 Å². The van der Waals surface area contributed by atoms with Crippen LogP contribution in [0.15, 0.2) is 24.3 Å². The van der Waals surface area contributed by atoms with Crippen LogP contribution in [-0.2, 0) is 16.0 Å². The second kappa shape index (κ2) is 7.78. The lowest BCUT2D eigenvalue weighted by atomic mass is 10.0. The molecular formula is C16H21NO4. The Hall–Kier alpha value is -1.88. The van der Waals surface area contributed by atoms with Crippen LogP contribution in [0.1, 0.15) is 35.2 Å². The van der Waals surface area contributed by atoms with Crippen molar-refractivity contribution in [1.29, 1.82) is 0 Å². The van der Waals surface area contributed by atoms with Crippen molar-refractivity contribution < 1.29 is 19.4 Å². The van der Waals surface area contributed by atoms with Crippen molar-refractivity contribution in [1.82, 2.24) is 5.32 Å². The molecule has 1 aromatic carbocycles. The van der Waals surface area contributed by atoms with E-state index in [1.54, 1.807) is 24.3 Å². The van der Waals surface area contributed by atoms with Crippen molar-refractivity contribution in [3.05, 3.63) is 35.4 Å². The van der Waals surface area contributed by atoms with Crippen LogP contribution in [0.3, 0.4) is 0 Å². The fourth-order valence-electron chi connectivity index (χ4n) is 2.51. The van der Waals surface area contributed by atoms with E-state index in [1.165, 1.54) is 0 Å². The molecule has 1 saturated heterocycles. The summed E-state index contributed by atoms with van der Waals surface area (Å²) < 4.78 is 5.37. The molecule has 21 heavy (non-hydrogen) atoms. The minimum Gasteiger partial charge on any atom is -0.478 e. The summed E-state index contributed by atoms with van der Waals surface area (Å²) in [6, 6.07) is 6.80. The third-order valence-corrected chi connectivity index (χ3v) is 3.71. The Balaban J connectivity index is 1.77. The highest BCUT2D eigenvalue weighted by Gasteiger charge is 2.15. The van der Waals surface area contributed by atoms with E-state index in [2.05, 4.69) is 5.32 Å². The summed E-state index contributed by atoms with van der Waals surface area (Å²) in [5.41, 5.74) is 0.965. The van der Waals surface area contributed by atoms with Gasteiger partial charge in [0.15, 0.2) is 0 Å². The molecule has 0 aromatic heterocycles. The van der Waals surface area contributed by atoms with Crippen LogP contribution >= 0.6 is 0 Å². The fourth-order valence-corrected chi connectivity index (χ4v) is 2.51. The number of carbonyl (C=O) groups is 2. The van der Waals surface area contributed by atoms with E-state index in [0.29, 0.717) is 37.5 Å². The van der Waals surface area contributed by atoms with Crippen LogP contribution < -0.4 is 5.32 Å². The molecule has 1 heterocycles. The molecule has 1 atom stereocenters. The molecule has 0 bridgehead atoms. The standard InChI is InChI=1S/C16H21NO4/c18-15(17-10-12-4-3-9-21-11-12)8-7-13-5-1-2-6-14(13)16(19)20/h1-2,5-6,12H,3-4,7-11H2,(H,17,18)(H,19,20). The van der Waals surface area contributed by atoms with Crippen molar-refractivity contribution in [2.45, 2.75) is 25.7 Å². The average molecular weight is 291 g/mol. The zero-order valence-electron chi connectivity index (χ0n) is 12.0. The highest BCUT2D eigenvalue weighted by molar-refractivity contribution is 5.89. The Morgan fingerprint density at radius 3 is 2.86 bits per heavy atom. The van der Waals surface area contributed by atoms with E-state index in [9.17, 15) is 9.59 Å². The van der Waals surface area contributed by atoms with E-state index in [4.69, 9.17) is 9.84 Å². The van der Waals surface area contributed by atoms with Gasteiger partial charge in [-0.2, -0.15) is 0 Å². The van der Waals surface area contributed by atoms with Gasteiger partial charge in [-0.15, -0.1) is 0 Å². The summed E-state index contributed by atoms with van der Waals surface area (Å²) >= 11 is 0. The summed E-state index contributed by atoms with van der Waals surface area (Å²) in [5.74, 6) is -0.597. The number of aryl methyl sites for hydroxylation is 1. The van der Waals surface area contributed by atoms with Gasteiger partial charge in [0.05, 0.1) is 12.2 Å². The fraction of sp³-hybridized carbons (Fsp3) is 0.500. The topological polar surface area (TPSA) is 75.6 Å². The largest absolute Gasteiger partial charge is 0.478 e. The Bertz CT molecular complexity index is 495. The van der Waals surface area contributed by atoms with E-state index < -0.39 is 5.97 Å². The molecule has 1 fully saturated rings.